The molecular formula is C6H12ClNO3. The van der Waals surface area contributed by atoms with Gasteiger partial charge >= 0.3 is 5.97 Å². The Morgan fingerprint density at radius 2 is 2.09 bits per heavy atom. The smallest absolute Gasteiger partial charge is 0.340 e. The fourth-order valence-electron chi connectivity index (χ4n) is 1.17. The van der Waals surface area contributed by atoms with Crippen LogP contribution in [0.15, 0.2) is 0 Å². The molecule has 0 atom stereocenters. The van der Waals surface area contributed by atoms with E-state index < -0.39 is 11.6 Å². The van der Waals surface area contributed by atoms with Gasteiger partial charge in [0.25, 0.3) is 0 Å². The Balaban J connectivity index is 0.000001000. The Bertz CT molecular complexity index is 156. The van der Waals surface area contributed by atoms with Crippen LogP contribution in [-0.2, 0) is 9.53 Å². The molecule has 0 aromatic heterocycles. The lowest BCUT2D eigenvalue weighted by Gasteiger charge is -2.41. The number of β-amino-alcohol motifs (C(OH)–C–C–N with tert-alkyl or cyclic N) is 1. The Morgan fingerprint density at radius 1 is 1.64 bits per heavy atom. The first-order valence-corrected chi connectivity index (χ1v) is 3.08. The second kappa shape index (κ2) is 3.38. The molecule has 0 unspecified atom stereocenters. The predicted octanol–water partition coefficient (Wildman–Crippen LogP) is -0.742. The van der Waals surface area contributed by atoms with E-state index in [-0.39, 0.29) is 12.4 Å². The molecule has 0 aromatic rings. The molecule has 1 saturated heterocycles. The van der Waals surface area contributed by atoms with E-state index in [0.29, 0.717) is 13.1 Å². The summed E-state index contributed by atoms with van der Waals surface area (Å²) in [6.07, 6.45) is 0. The van der Waals surface area contributed by atoms with Crippen LogP contribution in [0.2, 0.25) is 0 Å². The summed E-state index contributed by atoms with van der Waals surface area (Å²) >= 11 is 0. The quantitative estimate of drug-likeness (QED) is 0.542. The SMILES string of the molecule is COC(=O)C1(O)CN(C)C1.Cl. The van der Waals surface area contributed by atoms with Gasteiger partial charge in [-0.25, -0.2) is 4.79 Å². The van der Waals surface area contributed by atoms with Crippen LogP contribution < -0.4 is 0 Å². The number of esters is 1. The molecule has 0 radical (unpaired) electrons. The summed E-state index contributed by atoms with van der Waals surface area (Å²) in [5, 5.41) is 9.33. The minimum Gasteiger partial charge on any atom is -0.467 e. The average molecular weight is 182 g/mol. The summed E-state index contributed by atoms with van der Waals surface area (Å²) < 4.78 is 4.39. The molecule has 0 saturated carbocycles. The highest BCUT2D eigenvalue weighted by Crippen LogP contribution is 2.19. The van der Waals surface area contributed by atoms with E-state index in [9.17, 15) is 9.90 Å². The first-order valence-electron chi connectivity index (χ1n) is 3.08. The largest absolute Gasteiger partial charge is 0.467 e. The maximum Gasteiger partial charge on any atom is 0.340 e. The summed E-state index contributed by atoms with van der Waals surface area (Å²) in [5.41, 5.74) is -1.23. The zero-order valence-corrected chi connectivity index (χ0v) is 7.35. The normalized spacial score (nSPS) is 21.4. The zero-order chi connectivity index (χ0) is 7.78. The van der Waals surface area contributed by atoms with E-state index in [2.05, 4.69) is 4.74 Å². The van der Waals surface area contributed by atoms with Crippen molar-refractivity contribution in [3.8, 4) is 0 Å². The topological polar surface area (TPSA) is 49.8 Å². The van der Waals surface area contributed by atoms with Crippen molar-refractivity contribution >= 4 is 18.4 Å². The van der Waals surface area contributed by atoms with Crippen molar-refractivity contribution in [1.29, 1.82) is 0 Å². The second-order valence-electron chi connectivity index (χ2n) is 2.70. The van der Waals surface area contributed by atoms with Gasteiger partial charge in [-0.05, 0) is 7.05 Å². The van der Waals surface area contributed by atoms with Gasteiger partial charge in [-0.1, -0.05) is 0 Å². The monoisotopic (exact) mass is 181 g/mol. The van der Waals surface area contributed by atoms with E-state index in [1.807, 2.05) is 11.9 Å². The molecule has 1 rings (SSSR count). The minimum atomic E-state index is -1.23. The first kappa shape index (κ1) is 10.7. The number of carbonyl (C=O) groups excluding carboxylic acids is 1. The van der Waals surface area contributed by atoms with E-state index in [1.54, 1.807) is 0 Å². The van der Waals surface area contributed by atoms with Crippen molar-refractivity contribution in [1.82, 2.24) is 4.90 Å². The van der Waals surface area contributed by atoms with Crippen LogP contribution >= 0.6 is 12.4 Å². The lowest BCUT2D eigenvalue weighted by atomic mass is 9.95. The third kappa shape index (κ3) is 1.83. The van der Waals surface area contributed by atoms with Crippen LogP contribution in [0.4, 0.5) is 0 Å². The number of carbonyl (C=O) groups is 1. The summed E-state index contributed by atoms with van der Waals surface area (Å²) in [4.78, 5) is 12.6. The van der Waals surface area contributed by atoms with Crippen LogP contribution in [0.5, 0.6) is 0 Å². The van der Waals surface area contributed by atoms with Gasteiger partial charge in [0.2, 0.25) is 0 Å². The molecule has 66 valence electrons. The summed E-state index contributed by atoms with van der Waals surface area (Å²) in [6.45, 7) is 0.749. The molecular weight excluding hydrogens is 170 g/mol. The van der Waals surface area contributed by atoms with Crippen molar-refractivity contribution < 1.29 is 14.6 Å². The third-order valence-corrected chi connectivity index (χ3v) is 1.63. The van der Waals surface area contributed by atoms with E-state index in [4.69, 9.17) is 0 Å². The molecule has 1 N–H and O–H groups in total. The standard InChI is InChI=1S/C6H11NO3.ClH/c1-7-3-6(9,4-7)5(8)10-2;/h9H,3-4H2,1-2H3;1H. The summed E-state index contributed by atoms with van der Waals surface area (Å²) in [5.74, 6) is -0.536. The van der Waals surface area contributed by atoms with Gasteiger partial charge in [0, 0.05) is 13.1 Å². The number of nitrogens with zero attached hydrogens (tertiary/aromatic N) is 1. The maximum atomic E-state index is 10.8. The van der Waals surface area contributed by atoms with Crippen LogP contribution in [0, 0.1) is 0 Å². The van der Waals surface area contributed by atoms with Crippen LogP contribution in [0.25, 0.3) is 0 Å². The van der Waals surface area contributed by atoms with E-state index in [0.717, 1.165) is 0 Å². The van der Waals surface area contributed by atoms with Gasteiger partial charge in [-0.2, -0.15) is 0 Å². The highest BCUT2D eigenvalue weighted by Gasteiger charge is 2.47. The fraction of sp³-hybridized carbons (Fsp3) is 0.833. The van der Waals surface area contributed by atoms with Crippen molar-refractivity contribution in [2.75, 3.05) is 27.2 Å². The molecule has 1 aliphatic rings. The number of ether oxygens (including phenoxy) is 1. The second-order valence-corrected chi connectivity index (χ2v) is 2.70. The Morgan fingerprint density at radius 3 is 2.36 bits per heavy atom. The molecule has 1 heterocycles. The molecule has 1 aliphatic heterocycles. The zero-order valence-electron chi connectivity index (χ0n) is 6.53. The molecule has 11 heavy (non-hydrogen) atoms. The van der Waals surface area contributed by atoms with Gasteiger partial charge in [0.15, 0.2) is 5.60 Å². The minimum absolute atomic E-state index is 0. The number of rotatable bonds is 1. The van der Waals surface area contributed by atoms with Crippen LogP contribution in [0.1, 0.15) is 0 Å². The van der Waals surface area contributed by atoms with Crippen LogP contribution in [-0.4, -0.2) is 48.8 Å². The number of hydrogen-bond donors (Lipinski definition) is 1. The maximum absolute atomic E-state index is 10.8. The number of likely N-dealkylation sites (tertiary alicyclic amines) is 1. The predicted molar refractivity (Wildman–Crippen MR) is 41.7 cm³/mol. The van der Waals surface area contributed by atoms with Crippen molar-refractivity contribution in [3.05, 3.63) is 0 Å². The number of hydrogen-bond acceptors (Lipinski definition) is 4. The number of methoxy groups -OCH3 is 1. The van der Waals surface area contributed by atoms with Gasteiger partial charge in [-0.15, -0.1) is 12.4 Å². The lowest BCUT2D eigenvalue weighted by molar-refractivity contribution is -0.179. The van der Waals surface area contributed by atoms with E-state index >= 15 is 0 Å². The molecule has 0 aromatic carbocycles. The fourth-order valence-corrected chi connectivity index (χ4v) is 1.17. The molecule has 4 nitrogen and oxygen atoms in total. The average Bonchev–Trinajstić information content (AvgIpc) is 1.83. The van der Waals surface area contributed by atoms with Crippen molar-refractivity contribution in [2.24, 2.45) is 0 Å². The first-order chi connectivity index (χ1) is 4.58. The number of likely N-dealkylation sites (N-methyl/N-ethyl adjacent to an activating group) is 1. The summed E-state index contributed by atoms with van der Waals surface area (Å²) in [6, 6.07) is 0. The van der Waals surface area contributed by atoms with Gasteiger partial charge in [-0.3, -0.25) is 4.90 Å². The van der Waals surface area contributed by atoms with E-state index in [1.165, 1.54) is 7.11 Å². The third-order valence-electron chi connectivity index (χ3n) is 1.63. The van der Waals surface area contributed by atoms with Crippen molar-refractivity contribution in [2.45, 2.75) is 5.60 Å². The van der Waals surface area contributed by atoms with Crippen molar-refractivity contribution in [3.63, 3.8) is 0 Å². The molecule has 0 spiro atoms. The Labute approximate surface area is 71.5 Å². The van der Waals surface area contributed by atoms with Gasteiger partial charge in [0.05, 0.1) is 7.11 Å². The Hall–Kier alpha value is -0.320. The molecule has 5 heteroatoms. The lowest BCUT2D eigenvalue weighted by Crippen LogP contribution is -2.64. The number of halogens is 1. The molecule has 0 aliphatic carbocycles. The van der Waals surface area contributed by atoms with Crippen LogP contribution in [0.3, 0.4) is 0 Å². The summed E-state index contributed by atoms with van der Waals surface area (Å²) in [7, 11) is 3.11. The number of aliphatic hydroxyl groups is 1. The molecule has 1 fully saturated rings. The highest BCUT2D eigenvalue weighted by molar-refractivity contribution is 5.85. The Kier molecular flexibility index (Phi) is 3.29. The van der Waals surface area contributed by atoms with Gasteiger partial charge < -0.3 is 9.84 Å². The molecule has 0 bridgehead atoms. The molecule has 0 amide bonds. The van der Waals surface area contributed by atoms with Gasteiger partial charge in [0.1, 0.15) is 0 Å². The highest BCUT2D eigenvalue weighted by atomic mass is 35.5.